The first kappa shape index (κ1) is 16.3. The normalized spacial score (nSPS) is 10.8. The number of rotatable bonds is 10. The number of hydrogen-bond acceptors (Lipinski definition) is 3. The van der Waals surface area contributed by atoms with Gasteiger partial charge < -0.3 is 0 Å². The number of hydrogen-bond donors (Lipinski definition) is 1. The van der Waals surface area contributed by atoms with Gasteiger partial charge in [-0.2, -0.15) is 5.10 Å². The highest BCUT2D eigenvalue weighted by Crippen LogP contribution is 2.07. The lowest BCUT2D eigenvalue weighted by Crippen LogP contribution is -2.18. The molecule has 0 bridgehead atoms. The molecule has 0 radical (unpaired) electrons. The van der Waals surface area contributed by atoms with E-state index in [9.17, 15) is 4.79 Å². The maximum Gasteiger partial charge on any atom is 0.289 e. The zero-order valence-corrected chi connectivity index (χ0v) is 12.3. The van der Waals surface area contributed by atoms with Crippen LogP contribution >= 0.6 is 0 Å². The van der Waals surface area contributed by atoms with E-state index in [2.05, 4.69) is 22.4 Å². The van der Waals surface area contributed by atoms with Crippen LogP contribution in [-0.2, 0) is 0 Å². The van der Waals surface area contributed by atoms with Crippen molar-refractivity contribution < 1.29 is 4.79 Å². The number of aromatic nitrogens is 1. The Labute approximate surface area is 121 Å². The molecule has 0 atom stereocenters. The van der Waals surface area contributed by atoms with Crippen LogP contribution in [0.3, 0.4) is 0 Å². The van der Waals surface area contributed by atoms with Gasteiger partial charge in [0, 0.05) is 12.4 Å². The van der Waals surface area contributed by atoms with E-state index >= 15 is 0 Å². The zero-order chi connectivity index (χ0) is 14.5. The third-order valence-electron chi connectivity index (χ3n) is 3.09. The lowest BCUT2D eigenvalue weighted by molar-refractivity contribution is 0.0950. The Balaban J connectivity index is 2.01. The third-order valence-corrected chi connectivity index (χ3v) is 3.09. The van der Waals surface area contributed by atoms with Crippen LogP contribution in [0.15, 0.2) is 29.5 Å². The molecule has 0 aromatic carbocycles. The molecule has 1 heterocycles. The maximum atomic E-state index is 11.6. The van der Waals surface area contributed by atoms with Crippen molar-refractivity contribution in [2.75, 3.05) is 0 Å². The third kappa shape index (κ3) is 7.67. The molecular formula is C16H25N3O. The minimum Gasteiger partial charge on any atom is -0.266 e. The van der Waals surface area contributed by atoms with E-state index < -0.39 is 0 Å². The van der Waals surface area contributed by atoms with Gasteiger partial charge in [0.05, 0.1) is 0 Å². The van der Waals surface area contributed by atoms with E-state index in [1.54, 1.807) is 30.6 Å². The summed E-state index contributed by atoms with van der Waals surface area (Å²) in [5, 5.41) is 3.93. The molecule has 4 heteroatoms. The highest BCUT2D eigenvalue weighted by molar-refractivity contribution is 5.92. The predicted octanol–water partition coefficient (Wildman–Crippen LogP) is 3.94. The van der Waals surface area contributed by atoms with E-state index in [-0.39, 0.29) is 5.91 Å². The van der Waals surface area contributed by atoms with Crippen molar-refractivity contribution in [2.45, 2.75) is 58.3 Å². The van der Waals surface area contributed by atoms with Gasteiger partial charge >= 0.3 is 0 Å². The van der Waals surface area contributed by atoms with Crippen molar-refractivity contribution in [3.8, 4) is 0 Å². The van der Waals surface area contributed by atoms with Crippen molar-refractivity contribution in [1.29, 1.82) is 0 Å². The summed E-state index contributed by atoms with van der Waals surface area (Å²) in [5.74, 6) is -0.263. The van der Waals surface area contributed by atoms with Crippen LogP contribution in [0.25, 0.3) is 0 Å². The highest BCUT2D eigenvalue weighted by atomic mass is 16.2. The van der Waals surface area contributed by atoms with Crippen molar-refractivity contribution >= 4 is 12.1 Å². The molecule has 1 aromatic rings. The lowest BCUT2D eigenvalue weighted by Gasteiger charge is -1.99. The molecule has 0 fully saturated rings. The fourth-order valence-electron chi connectivity index (χ4n) is 1.92. The van der Waals surface area contributed by atoms with E-state index in [1.165, 1.54) is 38.5 Å². The second-order valence-corrected chi connectivity index (χ2v) is 4.88. The number of hydrazone groups is 1. The van der Waals surface area contributed by atoms with Crippen LogP contribution in [0, 0.1) is 0 Å². The van der Waals surface area contributed by atoms with Crippen LogP contribution < -0.4 is 5.43 Å². The Hall–Kier alpha value is -1.71. The average molecular weight is 275 g/mol. The van der Waals surface area contributed by atoms with Crippen LogP contribution in [0.4, 0.5) is 0 Å². The summed E-state index contributed by atoms with van der Waals surface area (Å²) in [6.45, 7) is 2.23. The van der Waals surface area contributed by atoms with Crippen molar-refractivity contribution in [3.05, 3.63) is 30.1 Å². The van der Waals surface area contributed by atoms with Gasteiger partial charge in [0.2, 0.25) is 0 Å². The van der Waals surface area contributed by atoms with E-state index in [4.69, 9.17) is 0 Å². The SMILES string of the molecule is CCCCCCCCCC=NNC(=O)c1ccccn1. The van der Waals surface area contributed by atoms with E-state index in [0.717, 1.165) is 12.8 Å². The molecule has 1 amide bonds. The standard InChI is InChI=1S/C16H25N3O/c1-2-3-4-5-6-7-8-10-14-18-19-16(20)15-12-9-11-13-17-15/h9,11-14H,2-8,10H2,1H3,(H,19,20). The van der Waals surface area contributed by atoms with Gasteiger partial charge in [-0.3, -0.25) is 9.78 Å². The number of carbonyl (C=O) groups excluding carboxylic acids is 1. The molecule has 0 aliphatic heterocycles. The molecule has 20 heavy (non-hydrogen) atoms. The molecule has 0 saturated carbocycles. The Kier molecular flexibility index (Phi) is 9.11. The second-order valence-electron chi connectivity index (χ2n) is 4.88. The van der Waals surface area contributed by atoms with Gasteiger partial charge in [-0.1, -0.05) is 51.5 Å². The van der Waals surface area contributed by atoms with Gasteiger partial charge in [-0.15, -0.1) is 0 Å². The molecule has 0 spiro atoms. The van der Waals surface area contributed by atoms with Crippen LogP contribution in [0.1, 0.15) is 68.8 Å². The minimum atomic E-state index is -0.263. The summed E-state index contributed by atoms with van der Waals surface area (Å²) < 4.78 is 0. The topological polar surface area (TPSA) is 54.4 Å². The van der Waals surface area contributed by atoms with Gasteiger partial charge in [0.25, 0.3) is 5.91 Å². The van der Waals surface area contributed by atoms with Crippen LogP contribution in [-0.4, -0.2) is 17.1 Å². The number of nitrogens with one attached hydrogen (secondary N) is 1. The molecular weight excluding hydrogens is 250 g/mol. The van der Waals surface area contributed by atoms with Gasteiger partial charge in [-0.05, 0) is 25.0 Å². The summed E-state index contributed by atoms with van der Waals surface area (Å²) >= 11 is 0. The highest BCUT2D eigenvalue weighted by Gasteiger charge is 2.02. The molecule has 110 valence electrons. The molecule has 1 aromatic heterocycles. The summed E-state index contributed by atoms with van der Waals surface area (Å²) in [5.41, 5.74) is 2.88. The average Bonchev–Trinajstić information content (AvgIpc) is 2.50. The first-order valence-electron chi connectivity index (χ1n) is 7.57. The van der Waals surface area contributed by atoms with Gasteiger partial charge in [0.1, 0.15) is 5.69 Å². The van der Waals surface area contributed by atoms with Crippen molar-refractivity contribution in [2.24, 2.45) is 5.10 Å². The molecule has 0 saturated heterocycles. The minimum absolute atomic E-state index is 0.263. The number of amides is 1. The van der Waals surface area contributed by atoms with Gasteiger partial charge in [-0.25, -0.2) is 5.43 Å². The molecule has 1 N–H and O–H groups in total. The predicted molar refractivity (Wildman–Crippen MR) is 82.8 cm³/mol. The Morgan fingerprint density at radius 1 is 1.20 bits per heavy atom. The van der Waals surface area contributed by atoms with Crippen LogP contribution in [0.2, 0.25) is 0 Å². The molecule has 4 nitrogen and oxygen atoms in total. The molecule has 0 aliphatic rings. The molecule has 0 aliphatic carbocycles. The lowest BCUT2D eigenvalue weighted by atomic mass is 10.1. The first-order valence-corrected chi connectivity index (χ1v) is 7.57. The quantitative estimate of drug-likeness (QED) is 0.399. The number of unbranched alkanes of at least 4 members (excludes halogenated alkanes) is 7. The largest absolute Gasteiger partial charge is 0.289 e. The maximum absolute atomic E-state index is 11.6. The first-order chi connectivity index (χ1) is 9.84. The Morgan fingerprint density at radius 2 is 1.95 bits per heavy atom. The summed E-state index contributed by atoms with van der Waals surface area (Å²) in [4.78, 5) is 15.5. The van der Waals surface area contributed by atoms with E-state index in [1.807, 2.05) is 0 Å². The Morgan fingerprint density at radius 3 is 2.65 bits per heavy atom. The fraction of sp³-hybridized carbons (Fsp3) is 0.562. The van der Waals surface area contributed by atoms with E-state index in [0.29, 0.717) is 5.69 Å². The number of pyridine rings is 1. The summed E-state index contributed by atoms with van der Waals surface area (Å²) in [7, 11) is 0. The van der Waals surface area contributed by atoms with Crippen molar-refractivity contribution in [1.82, 2.24) is 10.4 Å². The summed E-state index contributed by atoms with van der Waals surface area (Å²) in [6, 6.07) is 5.23. The molecule has 0 unspecified atom stereocenters. The second kappa shape index (κ2) is 11.1. The zero-order valence-electron chi connectivity index (χ0n) is 12.3. The smallest absolute Gasteiger partial charge is 0.266 e. The summed E-state index contributed by atoms with van der Waals surface area (Å²) in [6.07, 6.45) is 13.3. The number of carbonyl (C=O) groups is 1. The molecule has 1 rings (SSSR count). The Bertz CT molecular complexity index is 390. The number of nitrogens with zero attached hydrogens (tertiary/aromatic N) is 2. The monoisotopic (exact) mass is 275 g/mol. The fourth-order valence-corrected chi connectivity index (χ4v) is 1.92. The van der Waals surface area contributed by atoms with Crippen molar-refractivity contribution in [3.63, 3.8) is 0 Å². The van der Waals surface area contributed by atoms with Gasteiger partial charge in [0.15, 0.2) is 0 Å². The van der Waals surface area contributed by atoms with Crippen LogP contribution in [0.5, 0.6) is 0 Å².